The summed E-state index contributed by atoms with van der Waals surface area (Å²) < 4.78 is 5.07. The maximum Gasteiger partial charge on any atom is 0.0991 e. The van der Waals surface area contributed by atoms with Crippen molar-refractivity contribution < 1.29 is 4.74 Å². The average molecular weight is 218 g/mol. The molecule has 0 saturated heterocycles. The van der Waals surface area contributed by atoms with Crippen LogP contribution in [0.3, 0.4) is 0 Å². The second-order valence-corrected chi connectivity index (χ2v) is 3.90. The van der Waals surface area contributed by atoms with Gasteiger partial charge in [0.15, 0.2) is 0 Å². The van der Waals surface area contributed by atoms with Crippen LogP contribution in [-0.2, 0) is 4.74 Å². The van der Waals surface area contributed by atoms with E-state index < -0.39 is 0 Å². The minimum absolute atomic E-state index is 0.424. The summed E-state index contributed by atoms with van der Waals surface area (Å²) in [6.45, 7) is 2.93. The zero-order chi connectivity index (χ0) is 12.0. The lowest BCUT2D eigenvalue weighted by Gasteiger charge is -2.26. The molecule has 0 aliphatic rings. The minimum atomic E-state index is 0.424. The highest BCUT2D eigenvalue weighted by Crippen LogP contribution is 2.17. The Morgan fingerprint density at radius 2 is 2.00 bits per heavy atom. The van der Waals surface area contributed by atoms with Gasteiger partial charge in [-0.25, -0.2) is 0 Å². The van der Waals surface area contributed by atoms with E-state index in [2.05, 4.69) is 24.9 Å². The van der Waals surface area contributed by atoms with Crippen LogP contribution in [0.15, 0.2) is 24.3 Å². The summed E-state index contributed by atoms with van der Waals surface area (Å²) in [6, 6.07) is 10.2. The molecule has 16 heavy (non-hydrogen) atoms. The van der Waals surface area contributed by atoms with E-state index in [0.29, 0.717) is 11.6 Å². The molecule has 86 valence electrons. The summed E-state index contributed by atoms with van der Waals surface area (Å²) in [6.07, 6.45) is 0.993. The van der Waals surface area contributed by atoms with Gasteiger partial charge in [-0.2, -0.15) is 5.26 Å². The second-order valence-electron chi connectivity index (χ2n) is 3.90. The SMILES string of the molecule is COCCC(C)N(C)c1ccc(C#N)cc1. The molecule has 0 radical (unpaired) electrons. The van der Waals surface area contributed by atoms with Gasteiger partial charge in [0, 0.05) is 32.5 Å². The molecule has 0 aromatic heterocycles. The highest BCUT2D eigenvalue weighted by molar-refractivity contribution is 5.49. The van der Waals surface area contributed by atoms with Crippen molar-refractivity contribution in [3.8, 4) is 6.07 Å². The van der Waals surface area contributed by atoms with Crippen LogP contribution in [0.1, 0.15) is 18.9 Å². The molecule has 0 spiro atoms. The largest absolute Gasteiger partial charge is 0.385 e. The maximum absolute atomic E-state index is 8.71. The van der Waals surface area contributed by atoms with Crippen LogP contribution < -0.4 is 4.90 Å². The normalized spacial score (nSPS) is 11.9. The number of rotatable bonds is 5. The molecule has 0 fully saturated rings. The standard InChI is InChI=1S/C13H18N2O/c1-11(8-9-16-3)15(2)13-6-4-12(10-14)5-7-13/h4-7,11H,8-9H2,1-3H3. The Labute approximate surface area is 97.3 Å². The fourth-order valence-corrected chi connectivity index (χ4v) is 1.51. The first kappa shape index (κ1) is 12.5. The first-order valence-electron chi connectivity index (χ1n) is 5.41. The number of ether oxygens (including phenoxy) is 1. The number of benzene rings is 1. The molecule has 3 heteroatoms. The molecule has 1 unspecified atom stereocenters. The molecule has 1 rings (SSSR count). The van der Waals surface area contributed by atoms with Crippen LogP contribution in [0.25, 0.3) is 0 Å². The van der Waals surface area contributed by atoms with Gasteiger partial charge in [-0.1, -0.05) is 0 Å². The molecule has 0 bridgehead atoms. The Kier molecular flexibility index (Phi) is 4.81. The van der Waals surface area contributed by atoms with Crippen LogP contribution in [-0.4, -0.2) is 26.8 Å². The Morgan fingerprint density at radius 3 is 2.50 bits per heavy atom. The Morgan fingerprint density at radius 1 is 1.38 bits per heavy atom. The molecule has 3 nitrogen and oxygen atoms in total. The Bertz CT molecular complexity index is 353. The zero-order valence-corrected chi connectivity index (χ0v) is 10.1. The second kappa shape index (κ2) is 6.14. The van der Waals surface area contributed by atoms with Gasteiger partial charge < -0.3 is 9.64 Å². The van der Waals surface area contributed by atoms with E-state index >= 15 is 0 Å². The number of nitriles is 1. The smallest absolute Gasteiger partial charge is 0.0991 e. The molecule has 0 saturated carbocycles. The van der Waals surface area contributed by atoms with Gasteiger partial charge in [-0.05, 0) is 37.6 Å². The van der Waals surface area contributed by atoms with Crippen molar-refractivity contribution in [3.63, 3.8) is 0 Å². The first-order chi connectivity index (χ1) is 7.69. The fourth-order valence-electron chi connectivity index (χ4n) is 1.51. The minimum Gasteiger partial charge on any atom is -0.385 e. The zero-order valence-electron chi connectivity index (χ0n) is 10.1. The van der Waals surface area contributed by atoms with E-state index in [4.69, 9.17) is 10.00 Å². The molecular weight excluding hydrogens is 200 g/mol. The quantitative estimate of drug-likeness (QED) is 0.761. The molecule has 0 amide bonds. The summed E-state index contributed by atoms with van der Waals surface area (Å²) >= 11 is 0. The lowest BCUT2D eigenvalue weighted by Crippen LogP contribution is -2.29. The summed E-state index contributed by atoms with van der Waals surface area (Å²) in [7, 11) is 3.77. The molecule has 0 heterocycles. The van der Waals surface area contributed by atoms with Gasteiger partial charge in [0.1, 0.15) is 0 Å². The van der Waals surface area contributed by atoms with E-state index in [1.165, 1.54) is 0 Å². The highest BCUT2D eigenvalue weighted by Gasteiger charge is 2.09. The van der Waals surface area contributed by atoms with Crippen LogP contribution in [0.4, 0.5) is 5.69 Å². The van der Waals surface area contributed by atoms with Gasteiger partial charge >= 0.3 is 0 Å². The van der Waals surface area contributed by atoms with Crippen molar-refractivity contribution in [2.45, 2.75) is 19.4 Å². The van der Waals surface area contributed by atoms with Gasteiger partial charge in [0.2, 0.25) is 0 Å². The topological polar surface area (TPSA) is 36.3 Å². The number of anilines is 1. The van der Waals surface area contributed by atoms with E-state index in [-0.39, 0.29) is 0 Å². The lowest BCUT2D eigenvalue weighted by atomic mass is 10.1. The van der Waals surface area contributed by atoms with Crippen molar-refractivity contribution in [2.24, 2.45) is 0 Å². The number of nitrogens with zero attached hydrogens (tertiary/aromatic N) is 2. The summed E-state index contributed by atoms with van der Waals surface area (Å²) in [5.74, 6) is 0. The maximum atomic E-state index is 8.71. The van der Waals surface area contributed by atoms with Crippen LogP contribution in [0.2, 0.25) is 0 Å². The van der Waals surface area contributed by atoms with E-state index in [9.17, 15) is 0 Å². The van der Waals surface area contributed by atoms with Crippen molar-refractivity contribution in [3.05, 3.63) is 29.8 Å². The summed E-state index contributed by atoms with van der Waals surface area (Å²) in [4.78, 5) is 2.19. The van der Waals surface area contributed by atoms with Crippen molar-refractivity contribution in [1.29, 1.82) is 5.26 Å². The van der Waals surface area contributed by atoms with E-state index in [0.717, 1.165) is 18.7 Å². The van der Waals surface area contributed by atoms with Gasteiger partial charge in [0.05, 0.1) is 11.6 Å². The molecule has 1 aromatic carbocycles. The molecule has 0 aliphatic heterocycles. The third kappa shape index (κ3) is 3.25. The first-order valence-corrected chi connectivity index (χ1v) is 5.41. The average Bonchev–Trinajstić information content (AvgIpc) is 2.35. The van der Waals surface area contributed by atoms with Crippen LogP contribution in [0, 0.1) is 11.3 Å². The lowest BCUT2D eigenvalue weighted by molar-refractivity contribution is 0.189. The molecular formula is C13H18N2O. The molecule has 0 aliphatic carbocycles. The summed E-state index contributed by atoms with van der Waals surface area (Å²) in [5.41, 5.74) is 1.82. The fraction of sp³-hybridized carbons (Fsp3) is 0.462. The van der Waals surface area contributed by atoms with E-state index in [1.807, 2.05) is 24.3 Å². The Hall–Kier alpha value is -1.53. The van der Waals surface area contributed by atoms with Gasteiger partial charge in [-0.15, -0.1) is 0 Å². The van der Waals surface area contributed by atoms with E-state index in [1.54, 1.807) is 7.11 Å². The third-order valence-electron chi connectivity index (χ3n) is 2.80. The number of hydrogen-bond donors (Lipinski definition) is 0. The monoisotopic (exact) mass is 218 g/mol. The summed E-state index contributed by atoms with van der Waals surface area (Å²) in [5, 5.41) is 8.71. The molecule has 1 aromatic rings. The van der Waals surface area contributed by atoms with Crippen molar-refractivity contribution >= 4 is 5.69 Å². The number of hydrogen-bond acceptors (Lipinski definition) is 3. The Balaban J connectivity index is 2.65. The molecule has 1 atom stereocenters. The van der Waals surface area contributed by atoms with Gasteiger partial charge in [-0.3, -0.25) is 0 Å². The number of methoxy groups -OCH3 is 1. The third-order valence-corrected chi connectivity index (χ3v) is 2.80. The molecule has 0 N–H and O–H groups in total. The predicted molar refractivity (Wildman–Crippen MR) is 65.5 cm³/mol. The predicted octanol–water partition coefficient (Wildman–Crippen LogP) is 2.42. The van der Waals surface area contributed by atoms with Crippen LogP contribution in [0.5, 0.6) is 0 Å². The van der Waals surface area contributed by atoms with Crippen molar-refractivity contribution in [2.75, 3.05) is 25.7 Å². The van der Waals surface area contributed by atoms with Gasteiger partial charge in [0.25, 0.3) is 0 Å². The highest BCUT2D eigenvalue weighted by atomic mass is 16.5. The van der Waals surface area contributed by atoms with Crippen molar-refractivity contribution in [1.82, 2.24) is 0 Å². The van der Waals surface area contributed by atoms with Crippen LogP contribution >= 0.6 is 0 Å².